The fourth-order valence-electron chi connectivity index (χ4n) is 2.15. The van der Waals surface area contributed by atoms with Crippen molar-refractivity contribution in [2.75, 3.05) is 6.61 Å². The number of aromatic nitrogens is 2. The molecule has 0 aliphatic carbocycles. The summed E-state index contributed by atoms with van der Waals surface area (Å²) in [7, 11) is 0. The lowest BCUT2D eigenvalue weighted by molar-refractivity contribution is -0.146. The van der Waals surface area contributed by atoms with E-state index in [4.69, 9.17) is 4.74 Å². The summed E-state index contributed by atoms with van der Waals surface area (Å²) in [5.74, 6) is -0.257. The highest BCUT2D eigenvalue weighted by molar-refractivity contribution is 7.09. The normalized spacial score (nSPS) is 12.3. The number of esters is 1. The zero-order chi connectivity index (χ0) is 15.1. The number of nitrogens with one attached hydrogen (secondary N) is 1. The van der Waals surface area contributed by atoms with Gasteiger partial charge in [0.05, 0.1) is 24.8 Å². The Morgan fingerprint density at radius 1 is 1.52 bits per heavy atom. The van der Waals surface area contributed by atoms with Crippen molar-refractivity contribution in [2.45, 2.75) is 39.4 Å². The molecule has 2 aromatic rings. The SMILES string of the molecule is CCCn1cncc1C(NCc1cccs1)C(=O)OCC. The van der Waals surface area contributed by atoms with Crippen LogP contribution < -0.4 is 5.32 Å². The van der Waals surface area contributed by atoms with Gasteiger partial charge < -0.3 is 9.30 Å². The molecule has 5 nitrogen and oxygen atoms in total. The highest BCUT2D eigenvalue weighted by Crippen LogP contribution is 2.17. The predicted octanol–water partition coefficient (Wildman–Crippen LogP) is 2.75. The molecule has 2 rings (SSSR count). The predicted molar refractivity (Wildman–Crippen MR) is 83.1 cm³/mol. The maximum absolute atomic E-state index is 12.2. The summed E-state index contributed by atoms with van der Waals surface area (Å²) in [6.45, 7) is 5.77. The average molecular weight is 307 g/mol. The van der Waals surface area contributed by atoms with E-state index in [0.717, 1.165) is 18.7 Å². The van der Waals surface area contributed by atoms with Crippen LogP contribution in [0.1, 0.15) is 36.9 Å². The minimum absolute atomic E-state index is 0.257. The Hall–Kier alpha value is -1.66. The molecule has 0 aliphatic heterocycles. The Morgan fingerprint density at radius 2 is 2.38 bits per heavy atom. The van der Waals surface area contributed by atoms with Gasteiger partial charge in [0.1, 0.15) is 6.04 Å². The van der Waals surface area contributed by atoms with Crippen LogP contribution in [0, 0.1) is 0 Å². The number of thiophene rings is 1. The minimum atomic E-state index is -0.485. The summed E-state index contributed by atoms with van der Waals surface area (Å²) in [4.78, 5) is 17.6. The van der Waals surface area contributed by atoms with E-state index in [-0.39, 0.29) is 5.97 Å². The summed E-state index contributed by atoms with van der Waals surface area (Å²) in [6.07, 6.45) is 4.49. The van der Waals surface area contributed by atoms with Gasteiger partial charge in [-0.05, 0) is 24.8 Å². The first kappa shape index (κ1) is 15.7. The van der Waals surface area contributed by atoms with Crippen molar-refractivity contribution in [3.63, 3.8) is 0 Å². The number of carbonyl (C=O) groups excluding carboxylic acids is 1. The largest absolute Gasteiger partial charge is 0.465 e. The van der Waals surface area contributed by atoms with Crippen LogP contribution in [0.3, 0.4) is 0 Å². The average Bonchev–Trinajstić information content (AvgIpc) is 3.12. The number of aryl methyl sites for hydroxylation is 1. The lowest BCUT2D eigenvalue weighted by Crippen LogP contribution is -2.31. The van der Waals surface area contributed by atoms with Crippen LogP contribution in [0.25, 0.3) is 0 Å². The van der Waals surface area contributed by atoms with Crippen molar-refractivity contribution in [1.29, 1.82) is 0 Å². The Bertz CT molecular complexity index is 551. The number of nitrogens with zero attached hydrogens (tertiary/aromatic N) is 2. The molecule has 2 heterocycles. The fourth-order valence-corrected chi connectivity index (χ4v) is 2.80. The Morgan fingerprint density at radius 3 is 3.05 bits per heavy atom. The molecule has 0 saturated carbocycles. The van der Waals surface area contributed by atoms with Crippen molar-refractivity contribution in [1.82, 2.24) is 14.9 Å². The molecule has 1 N–H and O–H groups in total. The molecular formula is C15H21N3O2S. The van der Waals surface area contributed by atoms with Crippen molar-refractivity contribution in [3.8, 4) is 0 Å². The van der Waals surface area contributed by atoms with Gasteiger partial charge in [-0.25, -0.2) is 9.78 Å². The van der Waals surface area contributed by atoms with E-state index >= 15 is 0 Å². The highest BCUT2D eigenvalue weighted by Gasteiger charge is 2.24. The molecule has 0 saturated heterocycles. The Kier molecular flexibility index (Phi) is 5.95. The van der Waals surface area contributed by atoms with E-state index in [1.165, 1.54) is 4.88 Å². The molecule has 21 heavy (non-hydrogen) atoms. The third-order valence-corrected chi connectivity index (χ3v) is 3.96. The van der Waals surface area contributed by atoms with Gasteiger partial charge in [-0.2, -0.15) is 0 Å². The quantitative estimate of drug-likeness (QED) is 0.762. The van der Waals surface area contributed by atoms with Crippen LogP contribution in [0.4, 0.5) is 0 Å². The van der Waals surface area contributed by atoms with Crippen molar-refractivity contribution in [3.05, 3.63) is 40.6 Å². The van der Waals surface area contributed by atoms with Crippen LogP contribution in [0.15, 0.2) is 30.0 Å². The maximum atomic E-state index is 12.2. The van der Waals surface area contributed by atoms with Crippen LogP contribution in [-0.4, -0.2) is 22.1 Å². The van der Waals surface area contributed by atoms with E-state index in [0.29, 0.717) is 13.2 Å². The lowest BCUT2D eigenvalue weighted by Gasteiger charge is -2.18. The second kappa shape index (κ2) is 7.95. The second-order valence-electron chi connectivity index (χ2n) is 4.66. The third kappa shape index (κ3) is 4.15. The van der Waals surface area contributed by atoms with Gasteiger partial charge in [0, 0.05) is 18.0 Å². The van der Waals surface area contributed by atoms with Gasteiger partial charge in [0.25, 0.3) is 0 Å². The topological polar surface area (TPSA) is 56.2 Å². The number of carbonyl (C=O) groups is 1. The molecule has 0 bridgehead atoms. The first-order chi connectivity index (χ1) is 10.3. The molecule has 0 radical (unpaired) electrons. The van der Waals surface area contributed by atoms with Crippen LogP contribution in [0.5, 0.6) is 0 Å². The van der Waals surface area contributed by atoms with Gasteiger partial charge in [0.2, 0.25) is 0 Å². The first-order valence-corrected chi connectivity index (χ1v) is 8.06. The van der Waals surface area contributed by atoms with E-state index < -0.39 is 6.04 Å². The third-order valence-electron chi connectivity index (χ3n) is 3.09. The van der Waals surface area contributed by atoms with Gasteiger partial charge in [-0.15, -0.1) is 11.3 Å². The van der Waals surface area contributed by atoms with Crippen LogP contribution >= 0.6 is 11.3 Å². The van der Waals surface area contributed by atoms with Gasteiger partial charge in [-0.1, -0.05) is 13.0 Å². The molecule has 0 spiro atoms. The molecule has 0 fully saturated rings. The first-order valence-electron chi connectivity index (χ1n) is 7.18. The summed E-state index contributed by atoms with van der Waals surface area (Å²) < 4.78 is 7.19. The molecule has 1 unspecified atom stereocenters. The number of rotatable bonds is 8. The molecule has 2 aromatic heterocycles. The Balaban J connectivity index is 2.14. The van der Waals surface area contributed by atoms with E-state index in [2.05, 4.69) is 17.2 Å². The molecule has 0 aliphatic rings. The number of hydrogen-bond donors (Lipinski definition) is 1. The monoisotopic (exact) mass is 307 g/mol. The summed E-state index contributed by atoms with van der Waals surface area (Å²) >= 11 is 1.66. The zero-order valence-corrected chi connectivity index (χ0v) is 13.2. The van der Waals surface area contributed by atoms with Crippen molar-refractivity contribution in [2.24, 2.45) is 0 Å². The van der Waals surface area contributed by atoms with E-state index in [1.807, 2.05) is 29.0 Å². The van der Waals surface area contributed by atoms with Crippen molar-refractivity contribution < 1.29 is 9.53 Å². The summed E-state index contributed by atoms with van der Waals surface area (Å²) in [6, 6.07) is 3.56. The molecule has 0 amide bonds. The zero-order valence-electron chi connectivity index (χ0n) is 12.4. The van der Waals surface area contributed by atoms with E-state index in [9.17, 15) is 4.79 Å². The minimum Gasteiger partial charge on any atom is -0.465 e. The van der Waals surface area contributed by atoms with Gasteiger partial charge in [0.15, 0.2) is 0 Å². The van der Waals surface area contributed by atoms with Gasteiger partial charge >= 0.3 is 5.97 Å². The molecule has 114 valence electrons. The lowest BCUT2D eigenvalue weighted by atomic mass is 10.2. The van der Waals surface area contributed by atoms with E-state index in [1.54, 1.807) is 23.9 Å². The van der Waals surface area contributed by atoms with Crippen LogP contribution in [0.2, 0.25) is 0 Å². The maximum Gasteiger partial charge on any atom is 0.329 e. The van der Waals surface area contributed by atoms with Crippen LogP contribution in [-0.2, 0) is 22.6 Å². The smallest absolute Gasteiger partial charge is 0.329 e. The molecule has 1 atom stereocenters. The molecular weight excluding hydrogens is 286 g/mol. The standard InChI is InChI=1S/C15H21N3O2S/c1-3-7-18-11-16-10-13(18)14(15(19)20-4-2)17-9-12-6-5-8-21-12/h5-6,8,10-11,14,17H,3-4,7,9H2,1-2H3. The highest BCUT2D eigenvalue weighted by atomic mass is 32.1. The van der Waals surface area contributed by atoms with Gasteiger partial charge in [-0.3, -0.25) is 5.32 Å². The summed E-state index contributed by atoms with van der Waals surface area (Å²) in [5, 5.41) is 5.31. The Labute approximate surface area is 129 Å². The number of imidazole rings is 1. The fraction of sp³-hybridized carbons (Fsp3) is 0.467. The number of hydrogen-bond acceptors (Lipinski definition) is 5. The molecule has 6 heteroatoms. The molecule has 0 aromatic carbocycles. The second-order valence-corrected chi connectivity index (χ2v) is 5.69. The van der Waals surface area contributed by atoms with Crippen molar-refractivity contribution >= 4 is 17.3 Å². The number of ether oxygens (including phenoxy) is 1. The summed E-state index contributed by atoms with van der Waals surface area (Å²) in [5.41, 5.74) is 0.854.